The van der Waals surface area contributed by atoms with Gasteiger partial charge in [0.05, 0.1) is 43.4 Å². The Labute approximate surface area is 246 Å². The number of hydrogen-bond donors (Lipinski definition) is 1. The molecule has 0 radical (unpaired) electrons. The van der Waals surface area contributed by atoms with Crippen LogP contribution < -0.4 is 4.90 Å². The maximum atomic E-state index is 15.3. The van der Waals surface area contributed by atoms with Gasteiger partial charge in [0.1, 0.15) is 11.9 Å². The van der Waals surface area contributed by atoms with Gasteiger partial charge in [0.15, 0.2) is 13.9 Å². The molecule has 12 heteroatoms. The first kappa shape index (κ1) is 29.9. The van der Waals surface area contributed by atoms with Crippen LogP contribution in [0.3, 0.4) is 0 Å². The lowest BCUT2D eigenvalue weighted by Gasteiger charge is -2.38. The van der Waals surface area contributed by atoms with Crippen LogP contribution in [0.15, 0.2) is 53.8 Å². The van der Waals surface area contributed by atoms with Crippen molar-refractivity contribution in [2.45, 2.75) is 70.5 Å². The van der Waals surface area contributed by atoms with E-state index in [1.165, 1.54) is 11.0 Å². The number of carbonyl (C=O) groups is 1. The number of amides is 1. The number of aliphatic hydroxyl groups is 1. The van der Waals surface area contributed by atoms with Crippen LogP contribution in [0.25, 0.3) is 11.1 Å². The van der Waals surface area contributed by atoms with Crippen molar-refractivity contribution in [3.8, 4) is 11.1 Å². The standard InChI is InChI=1S/C30H38FN5O5Si/c1-20-15-35(34-32-20)16-24-17-36(28(38)40-24)23-11-12-25(26(31)13-23)21-7-9-22(10-8-21)27-14-30(18-37,41-33-27)19-39-42(5,6)29(2,3)4/h7-13,15,24,37H,14,16-19H2,1-6H3/t24-,30?/m0/s1. The Morgan fingerprint density at radius 3 is 2.50 bits per heavy atom. The van der Waals surface area contributed by atoms with Crippen molar-refractivity contribution in [1.29, 1.82) is 0 Å². The van der Waals surface area contributed by atoms with Crippen LogP contribution in [-0.4, -0.2) is 71.7 Å². The lowest BCUT2D eigenvalue weighted by Crippen LogP contribution is -2.48. The van der Waals surface area contributed by atoms with E-state index in [9.17, 15) is 9.90 Å². The zero-order chi connectivity index (χ0) is 30.3. The first-order valence-electron chi connectivity index (χ1n) is 14.0. The summed E-state index contributed by atoms with van der Waals surface area (Å²) in [6.07, 6.45) is 1.24. The van der Waals surface area contributed by atoms with Gasteiger partial charge in [-0.05, 0) is 54.4 Å². The molecule has 42 heavy (non-hydrogen) atoms. The van der Waals surface area contributed by atoms with Crippen molar-refractivity contribution in [3.05, 3.63) is 65.7 Å². The van der Waals surface area contributed by atoms with E-state index in [4.69, 9.17) is 14.0 Å². The van der Waals surface area contributed by atoms with Gasteiger partial charge in [-0.15, -0.1) is 5.10 Å². The molecule has 1 aromatic heterocycles. The van der Waals surface area contributed by atoms with Crippen LogP contribution in [0.5, 0.6) is 0 Å². The molecule has 1 N–H and O–H groups in total. The fourth-order valence-corrected chi connectivity index (χ4v) is 5.74. The van der Waals surface area contributed by atoms with Gasteiger partial charge in [-0.3, -0.25) is 4.90 Å². The van der Waals surface area contributed by atoms with Crippen molar-refractivity contribution < 1.29 is 28.3 Å². The predicted octanol–water partition coefficient (Wildman–Crippen LogP) is 5.30. The monoisotopic (exact) mass is 595 g/mol. The number of hydrogen-bond acceptors (Lipinski definition) is 8. The second-order valence-electron chi connectivity index (χ2n) is 12.6. The highest BCUT2D eigenvalue weighted by atomic mass is 28.4. The molecule has 0 spiro atoms. The number of carbonyl (C=O) groups excluding carboxylic acids is 1. The molecule has 2 aromatic carbocycles. The number of ether oxygens (including phenoxy) is 1. The van der Waals surface area contributed by atoms with Crippen molar-refractivity contribution in [2.24, 2.45) is 5.16 Å². The van der Waals surface area contributed by atoms with E-state index in [0.29, 0.717) is 35.5 Å². The van der Waals surface area contributed by atoms with Crippen molar-refractivity contribution in [3.63, 3.8) is 0 Å². The van der Waals surface area contributed by atoms with Gasteiger partial charge in [0, 0.05) is 18.2 Å². The van der Waals surface area contributed by atoms with E-state index >= 15 is 4.39 Å². The summed E-state index contributed by atoms with van der Waals surface area (Å²) in [5, 5.41) is 22.4. The fraction of sp³-hybridized carbons (Fsp3) is 0.467. The Morgan fingerprint density at radius 2 is 1.88 bits per heavy atom. The third-order valence-corrected chi connectivity index (χ3v) is 12.8. The first-order chi connectivity index (χ1) is 19.8. The fourth-order valence-electron chi connectivity index (χ4n) is 4.68. The van der Waals surface area contributed by atoms with E-state index in [2.05, 4.69) is 49.3 Å². The molecule has 2 aliphatic heterocycles. The van der Waals surface area contributed by atoms with Gasteiger partial charge in [-0.1, -0.05) is 55.4 Å². The molecule has 224 valence electrons. The summed E-state index contributed by atoms with van der Waals surface area (Å²) in [5.74, 6) is -0.452. The molecular weight excluding hydrogens is 557 g/mol. The zero-order valence-corrected chi connectivity index (χ0v) is 25.9. The molecule has 2 aliphatic rings. The van der Waals surface area contributed by atoms with Crippen LogP contribution in [0.1, 0.15) is 38.4 Å². The van der Waals surface area contributed by atoms with Gasteiger partial charge >= 0.3 is 6.09 Å². The molecular formula is C30H38FN5O5Si. The Hall–Kier alpha value is -3.61. The van der Waals surface area contributed by atoms with Crippen LogP contribution in [0.4, 0.5) is 14.9 Å². The third kappa shape index (κ3) is 6.11. The van der Waals surface area contributed by atoms with Crippen molar-refractivity contribution in [1.82, 2.24) is 15.0 Å². The largest absolute Gasteiger partial charge is 0.442 e. The number of rotatable bonds is 9. The summed E-state index contributed by atoms with van der Waals surface area (Å²) in [6.45, 7) is 13.4. The average molecular weight is 596 g/mol. The number of benzene rings is 2. The molecule has 0 aliphatic carbocycles. The Kier molecular flexibility index (Phi) is 7.99. The summed E-state index contributed by atoms with van der Waals surface area (Å²) < 4.78 is 28.7. The maximum absolute atomic E-state index is 15.3. The molecule has 1 fully saturated rings. The van der Waals surface area contributed by atoms with E-state index in [1.54, 1.807) is 23.0 Å². The minimum Gasteiger partial charge on any atom is -0.442 e. The molecule has 5 rings (SSSR count). The number of nitrogens with zero attached hydrogens (tertiary/aromatic N) is 5. The number of aryl methyl sites for hydroxylation is 1. The van der Waals surface area contributed by atoms with Crippen molar-refractivity contribution >= 4 is 25.8 Å². The van der Waals surface area contributed by atoms with E-state index in [1.807, 2.05) is 31.2 Å². The molecule has 1 saturated heterocycles. The minimum atomic E-state index is -2.03. The van der Waals surface area contributed by atoms with Crippen LogP contribution in [-0.2, 0) is 20.5 Å². The summed E-state index contributed by atoms with van der Waals surface area (Å²) >= 11 is 0. The van der Waals surface area contributed by atoms with Crippen LogP contribution in [0.2, 0.25) is 18.1 Å². The molecule has 10 nitrogen and oxygen atoms in total. The molecule has 0 bridgehead atoms. The van der Waals surface area contributed by atoms with Gasteiger partial charge in [0.25, 0.3) is 0 Å². The second kappa shape index (κ2) is 11.2. The first-order valence-corrected chi connectivity index (χ1v) is 17.0. The Morgan fingerprint density at radius 1 is 1.17 bits per heavy atom. The minimum absolute atomic E-state index is 0.0350. The van der Waals surface area contributed by atoms with Gasteiger partial charge in [0.2, 0.25) is 0 Å². The number of anilines is 1. The topological polar surface area (TPSA) is 111 Å². The molecule has 3 aromatic rings. The van der Waals surface area contributed by atoms with E-state index in [-0.39, 0.29) is 24.8 Å². The number of cyclic esters (lactones) is 1. The average Bonchev–Trinajstić information content (AvgIpc) is 3.66. The smallest absolute Gasteiger partial charge is 0.414 e. The van der Waals surface area contributed by atoms with Crippen molar-refractivity contribution in [2.75, 3.05) is 24.7 Å². The highest BCUT2D eigenvalue weighted by molar-refractivity contribution is 6.74. The normalized spacial score (nSPS) is 21.0. The van der Waals surface area contributed by atoms with E-state index < -0.39 is 31.9 Å². The predicted molar refractivity (Wildman–Crippen MR) is 159 cm³/mol. The highest BCUT2D eigenvalue weighted by Crippen LogP contribution is 2.38. The molecule has 2 atom stereocenters. The quantitative estimate of drug-likeness (QED) is 0.335. The third-order valence-electron chi connectivity index (χ3n) is 8.34. The lowest BCUT2D eigenvalue weighted by atomic mass is 9.94. The molecule has 1 unspecified atom stereocenters. The summed E-state index contributed by atoms with van der Waals surface area (Å²) in [5.41, 5.74) is 2.89. The number of aliphatic hydroxyl groups excluding tert-OH is 1. The lowest BCUT2D eigenvalue weighted by molar-refractivity contribution is -0.0846. The Bertz CT molecular complexity index is 1490. The number of aromatic nitrogens is 3. The second-order valence-corrected chi connectivity index (χ2v) is 17.4. The summed E-state index contributed by atoms with van der Waals surface area (Å²) in [6, 6.07) is 12.1. The van der Waals surface area contributed by atoms with Gasteiger partial charge in [-0.2, -0.15) is 0 Å². The molecule has 3 heterocycles. The maximum Gasteiger partial charge on any atom is 0.414 e. The SMILES string of the molecule is Cc1cn(C[C@H]2CN(c3ccc(-c4ccc(C5=NOC(CO)(CO[Si](C)(C)C(C)(C)C)C5)cc4)c(F)c3)C(=O)O2)nn1. The Balaban J connectivity index is 1.23. The zero-order valence-electron chi connectivity index (χ0n) is 24.9. The van der Waals surface area contributed by atoms with Crippen LogP contribution >= 0.6 is 0 Å². The molecule has 1 amide bonds. The number of halogens is 1. The highest BCUT2D eigenvalue weighted by Gasteiger charge is 2.44. The summed E-state index contributed by atoms with van der Waals surface area (Å²) in [7, 11) is -2.03. The van der Waals surface area contributed by atoms with Gasteiger partial charge in [-0.25, -0.2) is 13.9 Å². The summed E-state index contributed by atoms with van der Waals surface area (Å²) in [4.78, 5) is 19.7. The number of oxime groups is 1. The van der Waals surface area contributed by atoms with Crippen LogP contribution in [0, 0.1) is 12.7 Å². The molecule has 0 saturated carbocycles. The van der Waals surface area contributed by atoms with Gasteiger partial charge < -0.3 is 19.1 Å². The van der Waals surface area contributed by atoms with E-state index in [0.717, 1.165) is 11.3 Å².